The van der Waals surface area contributed by atoms with Crippen LogP contribution in [-0.2, 0) is 16.2 Å². The number of hydrazone groups is 1. The number of ether oxygens (including phenoxy) is 3. The molecule has 0 bridgehead atoms. The smallest absolute Gasteiger partial charge is 0.249 e. The minimum absolute atomic E-state index is 0.200. The van der Waals surface area contributed by atoms with Gasteiger partial charge in [0.25, 0.3) is 0 Å². The van der Waals surface area contributed by atoms with Crippen molar-refractivity contribution in [2.75, 3.05) is 19.5 Å². The second kappa shape index (κ2) is 13.2. The van der Waals surface area contributed by atoms with Gasteiger partial charge in [-0.2, -0.15) is 5.10 Å². The van der Waals surface area contributed by atoms with Crippen LogP contribution in [0.2, 0.25) is 10.0 Å². The van der Waals surface area contributed by atoms with Gasteiger partial charge in [-0.15, -0.1) is 0 Å². The first-order valence-electron chi connectivity index (χ1n) is 10.5. The molecule has 0 aliphatic rings. The van der Waals surface area contributed by atoms with Crippen LogP contribution in [0.15, 0.2) is 64.2 Å². The molecule has 0 spiro atoms. The number of anilines is 1. The zero-order valence-electron chi connectivity index (χ0n) is 19.3. The lowest BCUT2D eigenvalue weighted by molar-refractivity contribution is -0.126. The Balaban J connectivity index is 1.58. The molecule has 0 saturated carbocycles. The average molecular weight is 595 g/mol. The number of amides is 2. The van der Waals surface area contributed by atoms with Crippen molar-refractivity contribution in [1.82, 2.24) is 5.43 Å². The van der Waals surface area contributed by atoms with Gasteiger partial charge in [-0.05, 0) is 57.9 Å². The second-order valence-electron chi connectivity index (χ2n) is 7.28. The van der Waals surface area contributed by atoms with Crippen LogP contribution in [-0.4, -0.2) is 32.2 Å². The summed E-state index contributed by atoms with van der Waals surface area (Å²) in [4.78, 5) is 24.3. The monoisotopic (exact) mass is 593 g/mol. The van der Waals surface area contributed by atoms with E-state index in [0.29, 0.717) is 43.0 Å². The van der Waals surface area contributed by atoms with Gasteiger partial charge in [-0.3, -0.25) is 9.59 Å². The van der Waals surface area contributed by atoms with Gasteiger partial charge in [-0.1, -0.05) is 41.4 Å². The van der Waals surface area contributed by atoms with Crippen LogP contribution in [0.3, 0.4) is 0 Å². The zero-order valence-corrected chi connectivity index (χ0v) is 22.4. The molecule has 0 radical (unpaired) electrons. The Bertz CT molecular complexity index is 1290. The van der Waals surface area contributed by atoms with Crippen LogP contribution in [0.4, 0.5) is 5.69 Å². The largest absolute Gasteiger partial charge is 0.495 e. The first-order valence-corrected chi connectivity index (χ1v) is 12.0. The number of nitrogens with one attached hydrogen (secondary N) is 2. The van der Waals surface area contributed by atoms with Gasteiger partial charge < -0.3 is 19.5 Å². The molecular weight excluding hydrogens is 573 g/mol. The lowest BCUT2D eigenvalue weighted by atomic mass is 10.2. The van der Waals surface area contributed by atoms with E-state index in [0.717, 1.165) is 5.56 Å². The van der Waals surface area contributed by atoms with E-state index in [1.165, 1.54) is 20.4 Å². The van der Waals surface area contributed by atoms with Crippen LogP contribution in [0.25, 0.3) is 0 Å². The highest BCUT2D eigenvalue weighted by Gasteiger charge is 2.14. The quantitative estimate of drug-likeness (QED) is 0.175. The number of hydrogen-bond donors (Lipinski definition) is 2. The summed E-state index contributed by atoms with van der Waals surface area (Å²) >= 11 is 15.6. The van der Waals surface area contributed by atoms with Gasteiger partial charge in [-0.25, -0.2) is 5.43 Å². The summed E-state index contributed by atoms with van der Waals surface area (Å²) in [6.45, 7) is 0.200. The van der Waals surface area contributed by atoms with Crippen molar-refractivity contribution in [2.24, 2.45) is 5.10 Å². The molecule has 8 nitrogen and oxygen atoms in total. The highest BCUT2D eigenvalue weighted by molar-refractivity contribution is 9.10. The number of carbonyl (C=O) groups excluding carboxylic acids is 2. The summed E-state index contributed by atoms with van der Waals surface area (Å²) in [5.74, 6) is 0.326. The third-order valence-corrected chi connectivity index (χ3v) is 5.92. The van der Waals surface area contributed by atoms with E-state index in [-0.39, 0.29) is 6.61 Å². The minimum Gasteiger partial charge on any atom is -0.495 e. The van der Waals surface area contributed by atoms with Crippen LogP contribution in [0.5, 0.6) is 17.2 Å². The van der Waals surface area contributed by atoms with Crippen molar-refractivity contribution in [3.8, 4) is 17.2 Å². The van der Waals surface area contributed by atoms with Crippen LogP contribution in [0.1, 0.15) is 17.5 Å². The number of benzene rings is 3. The van der Waals surface area contributed by atoms with E-state index in [1.54, 1.807) is 54.6 Å². The van der Waals surface area contributed by atoms with Crippen molar-refractivity contribution < 1.29 is 23.8 Å². The van der Waals surface area contributed by atoms with Gasteiger partial charge in [0.1, 0.15) is 18.8 Å². The summed E-state index contributed by atoms with van der Waals surface area (Å²) in [5.41, 5.74) is 4.18. The van der Waals surface area contributed by atoms with Gasteiger partial charge >= 0.3 is 0 Å². The van der Waals surface area contributed by atoms with Crippen molar-refractivity contribution in [1.29, 1.82) is 0 Å². The third-order valence-electron chi connectivity index (χ3n) is 4.74. The van der Waals surface area contributed by atoms with Crippen molar-refractivity contribution in [3.05, 3.63) is 80.2 Å². The first kappa shape index (κ1) is 27.3. The van der Waals surface area contributed by atoms with Crippen LogP contribution < -0.4 is 25.0 Å². The third kappa shape index (κ3) is 7.61. The normalized spacial score (nSPS) is 10.7. The van der Waals surface area contributed by atoms with Crippen molar-refractivity contribution in [3.63, 3.8) is 0 Å². The molecule has 0 aromatic heterocycles. The Morgan fingerprint density at radius 1 is 1.00 bits per heavy atom. The molecule has 3 aromatic rings. The number of para-hydroxylation sites is 2. The molecule has 3 aromatic carbocycles. The molecule has 36 heavy (non-hydrogen) atoms. The van der Waals surface area contributed by atoms with Crippen LogP contribution in [0, 0.1) is 0 Å². The molecule has 0 fully saturated rings. The van der Waals surface area contributed by atoms with Gasteiger partial charge in [0, 0.05) is 15.6 Å². The van der Waals surface area contributed by atoms with Gasteiger partial charge in [0.2, 0.25) is 11.8 Å². The average Bonchev–Trinajstić information content (AvgIpc) is 2.84. The molecule has 0 atom stereocenters. The fourth-order valence-corrected chi connectivity index (χ4v) is 4.09. The summed E-state index contributed by atoms with van der Waals surface area (Å²) in [7, 11) is 3.00. The summed E-state index contributed by atoms with van der Waals surface area (Å²) in [6, 6.07) is 15.5. The SMILES string of the molecule is COc1ccccc1NC(=O)CC(=O)NN=Cc1cc(Br)c(OCc2ccc(Cl)cc2Cl)c(OC)c1. The Hall–Kier alpha value is -3.27. The van der Waals surface area contributed by atoms with Crippen molar-refractivity contribution >= 4 is 62.8 Å². The standard InChI is InChI=1S/C25H22BrCl2N3O5/c1-34-21-6-4-3-5-20(21)30-23(32)12-24(33)31-29-13-15-9-18(26)25(22(10-15)35-2)36-14-16-7-8-17(27)11-19(16)28/h3-11,13H,12,14H2,1-2H3,(H,30,32)(H,31,33). The predicted molar refractivity (Wildman–Crippen MR) is 143 cm³/mol. The lowest BCUT2D eigenvalue weighted by Gasteiger charge is -2.14. The molecule has 0 aliphatic carbocycles. The molecule has 0 unspecified atom stereocenters. The Kier molecular flexibility index (Phi) is 9.98. The topological polar surface area (TPSA) is 98.2 Å². The van der Waals surface area contributed by atoms with E-state index in [2.05, 4.69) is 31.8 Å². The molecule has 2 amide bonds. The summed E-state index contributed by atoms with van der Waals surface area (Å²) < 4.78 is 17.1. The summed E-state index contributed by atoms with van der Waals surface area (Å²) in [6.07, 6.45) is 1.01. The van der Waals surface area contributed by atoms with Crippen molar-refractivity contribution in [2.45, 2.75) is 13.0 Å². The Morgan fingerprint density at radius 3 is 2.47 bits per heavy atom. The number of nitrogens with zero attached hydrogens (tertiary/aromatic N) is 1. The Labute approximate surface area is 226 Å². The maximum atomic E-state index is 12.2. The number of methoxy groups -OCH3 is 2. The summed E-state index contributed by atoms with van der Waals surface area (Å²) in [5, 5.41) is 7.58. The molecule has 188 valence electrons. The number of rotatable bonds is 10. The second-order valence-corrected chi connectivity index (χ2v) is 8.97. The van der Waals surface area contributed by atoms with E-state index in [9.17, 15) is 9.59 Å². The zero-order chi connectivity index (χ0) is 26.1. The van der Waals surface area contributed by atoms with Gasteiger partial charge in [0.05, 0.1) is 30.6 Å². The molecular formula is C25H22BrCl2N3O5. The maximum Gasteiger partial charge on any atom is 0.249 e. The number of halogens is 3. The predicted octanol–water partition coefficient (Wildman–Crippen LogP) is 5.83. The molecule has 2 N–H and O–H groups in total. The number of carbonyl (C=O) groups is 2. The highest BCUT2D eigenvalue weighted by atomic mass is 79.9. The van der Waals surface area contributed by atoms with E-state index >= 15 is 0 Å². The number of hydrogen-bond acceptors (Lipinski definition) is 6. The lowest BCUT2D eigenvalue weighted by Crippen LogP contribution is -2.24. The first-order chi connectivity index (χ1) is 17.3. The highest BCUT2D eigenvalue weighted by Crippen LogP contribution is 2.37. The van der Waals surface area contributed by atoms with E-state index < -0.39 is 18.2 Å². The van der Waals surface area contributed by atoms with E-state index in [1.807, 2.05) is 0 Å². The molecule has 11 heteroatoms. The maximum absolute atomic E-state index is 12.2. The van der Waals surface area contributed by atoms with Gasteiger partial charge in [0.15, 0.2) is 11.5 Å². The van der Waals surface area contributed by atoms with Crippen LogP contribution >= 0.6 is 39.1 Å². The Morgan fingerprint density at radius 2 is 1.75 bits per heavy atom. The molecule has 0 saturated heterocycles. The fourth-order valence-electron chi connectivity index (χ4n) is 3.05. The molecule has 3 rings (SSSR count). The minimum atomic E-state index is -0.579. The molecule has 0 heterocycles. The fraction of sp³-hybridized carbons (Fsp3) is 0.160. The molecule has 0 aliphatic heterocycles. The van der Waals surface area contributed by atoms with E-state index in [4.69, 9.17) is 37.4 Å².